The predicted molar refractivity (Wildman–Crippen MR) is 138 cm³/mol. The second-order valence-electron chi connectivity index (χ2n) is 8.61. The fourth-order valence-electron chi connectivity index (χ4n) is 4.60. The van der Waals surface area contributed by atoms with E-state index in [0.29, 0.717) is 37.3 Å². The largest absolute Gasteiger partial charge is 0.350 e. The summed E-state index contributed by atoms with van der Waals surface area (Å²) >= 11 is 2.32. The van der Waals surface area contributed by atoms with Crippen LogP contribution in [0.25, 0.3) is 11.2 Å². The topological polar surface area (TPSA) is 95.5 Å². The Labute approximate surface area is 210 Å². The molecule has 0 radical (unpaired) electrons. The Balaban J connectivity index is 1.65. The van der Waals surface area contributed by atoms with Gasteiger partial charge in [-0.3, -0.25) is 18.5 Å². The highest BCUT2D eigenvalue weighted by Crippen LogP contribution is 2.24. The summed E-state index contributed by atoms with van der Waals surface area (Å²) in [5, 5.41) is 3.42. The highest BCUT2D eigenvalue weighted by molar-refractivity contribution is 14.1. The molecule has 11 heteroatoms. The molecule has 2 aliphatic heterocycles. The molecular weight excluding hydrogens is 551 g/mol. The number of benzene rings is 1. The third kappa shape index (κ3) is 4.53. The number of aromatic nitrogens is 4. The smallest absolute Gasteiger partial charge is 0.332 e. The molecule has 0 saturated carbocycles. The van der Waals surface area contributed by atoms with E-state index in [1.165, 1.54) is 9.13 Å². The standard InChI is InChI=1S/C23H29IN6O4/c1-27-20-19(21(31)29(23(27)32)11-7-18-33-13-14-34-18)30(15-16-5-2-3-6-17(16)24)22(26-20)28-10-4-8-25-9-12-28/h2-3,5-6,18,25H,4,7-15H2,1H3. The minimum atomic E-state index is -0.386. The van der Waals surface area contributed by atoms with Crippen molar-refractivity contribution in [1.82, 2.24) is 24.0 Å². The maximum absolute atomic E-state index is 13.7. The fraction of sp³-hybridized carbons (Fsp3) is 0.522. The molecule has 0 spiro atoms. The monoisotopic (exact) mass is 580 g/mol. The predicted octanol–water partition coefficient (Wildman–Crippen LogP) is 1.11. The Hall–Kier alpha value is -2.22. The number of nitrogens with zero attached hydrogens (tertiary/aromatic N) is 5. The molecule has 4 heterocycles. The first kappa shape index (κ1) is 23.5. The molecule has 1 aromatic carbocycles. The maximum atomic E-state index is 13.7. The van der Waals surface area contributed by atoms with Crippen LogP contribution in [0, 0.1) is 3.57 Å². The summed E-state index contributed by atoms with van der Waals surface area (Å²) in [5.41, 5.74) is 1.26. The summed E-state index contributed by atoms with van der Waals surface area (Å²) < 4.78 is 16.9. The quantitative estimate of drug-likeness (QED) is 0.437. The number of anilines is 1. The van der Waals surface area contributed by atoms with Gasteiger partial charge in [-0.15, -0.1) is 0 Å². The van der Waals surface area contributed by atoms with Crippen LogP contribution in [0.3, 0.4) is 0 Å². The van der Waals surface area contributed by atoms with Crippen LogP contribution in [0.4, 0.5) is 5.95 Å². The number of imidazole rings is 1. The molecule has 34 heavy (non-hydrogen) atoms. The van der Waals surface area contributed by atoms with Crippen molar-refractivity contribution in [2.75, 3.05) is 44.3 Å². The van der Waals surface area contributed by atoms with Gasteiger partial charge < -0.3 is 19.7 Å². The van der Waals surface area contributed by atoms with E-state index in [2.05, 4.69) is 44.9 Å². The van der Waals surface area contributed by atoms with Crippen molar-refractivity contribution in [3.05, 3.63) is 54.2 Å². The van der Waals surface area contributed by atoms with Crippen LogP contribution >= 0.6 is 22.6 Å². The Morgan fingerprint density at radius 3 is 2.71 bits per heavy atom. The zero-order valence-corrected chi connectivity index (χ0v) is 21.4. The van der Waals surface area contributed by atoms with E-state index in [1.54, 1.807) is 7.05 Å². The van der Waals surface area contributed by atoms with Gasteiger partial charge in [0.1, 0.15) is 0 Å². The lowest BCUT2D eigenvalue weighted by molar-refractivity contribution is -0.0494. The first-order valence-corrected chi connectivity index (χ1v) is 12.7. The molecule has 0 aliphatic carbocycles. The van der Waals surface area contributed by atoms with Crippen LogP contribution in [0.2, 0.25) is 0 Å². The van der Waals surface area contributed by atoms with E-state index in [9.17, 15) is 9.59 Å². The van der Waals surface area contributed by atoms with Gasteiger partial charge in [-0.1, -0.05) is 18.2 Å². The first-order chi connectivity index (χ1) is 16.5. The second-order valence-corrected chi connectivity index (χ2v) is 9.77. The molecule has 2 aliphatic rings. The number of hydrogen-bond donors (Lipinski definition) is 1. The van der Waals surface area contributed by atoms with Gasteiger partial charge in [0.15, 0.2) is 17.5 Å². The number of rotatable bonds is 6. The van der Waals surface area contributed by atoms with Gasteiger partial charge in [-0.25, -0.2) is 4.79 Å². The van der Waals surface area contributed by atoms with E-state index in [1.807, 2.05) is 16.7 Å². The number of nitrogens with one attached hydrogen (secondary N) is 1. The van der Waals surface area contributed by atoms with Crippen LogP contribution in [0.1, 0.15) is 18.4 Å². The minimum absolute atomic E-state index is 0.225. The van der Waals surface area contributed by atoms with Crippen LogP contribution < -0.4 is 21.5 Å². The van der Waals surface area contributed by atoms with E-state index < -0.39 is 0 Å². The average Bonchev–Trinajstić information content (AvgIpc) is 3.40. The van der Waals surface area contributed by atoms with Crippen LogP contribution in [-0.2, 0) is 29.6 Å². The number of halogens is 1. The van der Waals surface area contributed by atoms with E-state index in [0.717, 1.165) is 47.7 Å². The summed E-state index contributed by atoms with van der Waals surface area (Å²) in [6, 6.07) is 8.13. The van der Waals surface area contributed by atoms with Crippen molar-refractivity contribution < 1.29 is 9.47 Å². The van der Waals surface area contributed by atoms with Gasteiger partial charge in [0.05, 0.1) is 19.8 Å². The number of ether oxygens (including phenoxy) is 2. The molecule has 0 atom stereocenters. The third-order valence-electron chi connectivity index (χ3n) is 6.40. The molecule has 0 unspecified atom stereocenters. The van der Waals surface area contributed by atoms with Crippen molar-refractivity contribution in [3.63, 3.8) is 0 Å². The minimum Gasteiger partial charge on any atom is -0.350 e. The van der Waals surface area contributed by atoms with Crippen molar-refractivity contribution >= 4 is 39.7 Å². The molecule has 0 bridgehead atoms. The fourth-order valence-corrected chi connectivity index (χ4v) is 5.16. The summed E-state index contributed by atoms with van der Waals surface area (Å²) in [6.07, 6.45) is 1.04. The van der Waals surface area contributed by atoms with Crippen LogP contribution in [0.15, 0.2) is 33.9 Å². The molecule has 2 saturated heterocycles. The Morgan fingerprint density at radius 2 is 1.91 bits per heavy atom. The molecular formula is C23H29IN6O4. The summed E-state index contributed by atoms with van der Waals surface area (Å²) in [4.78, 5) is 34.0. The summed E-state index contributed by atoms with van der Waals surface area (Å²) in [6.45, 7) is 5.20. The summed E-state index contributed by atoms with van der Waals surface area (Å²) in [7, 11) is 1.68. The number of hydrogen-bond acceptors (Lipinski definition) is 7. The first-order valence-electron chi connectivity index (χ1n) is 11.7. The van der Waals surface area contributed by atoms with Gasteiger partial charge in [0.2, 0.25) is 5.95 Å². The molecule has 2 fully saturated rings. The van der Waals surface area contributed by atoms with Crippen molar-refractivity contribution in [2.24, 2.45) is 7.05 Å². The van der Waals surface area contributed by atoms with Crippen molar-refractivity contribution in [3.8, 4) is 0 Å². The molecule has 0 amide bonds. The van der Waals surface area contributed by atoms with E-state index in [4.69, 9.17) is 14.5 Å². The van der Waals surface area contributed by atoms with E-state index >= 15 is 0 Å². The zero-order valence-electron chi connectivity index (χ0n) is 19.2. The lowest BCUT2D eigenvalue weighted by Crippen LogP contribution is -2.40. The van der Waals surface area contributed by atoms with Gasteiger partial charge in [-0.2, -0.15) is 4.98 Å². The third-order valence-corrected chi connectivity index (χ3v) is 7.45. The average molecular weight is 580 g/mol. The summed E-state index contributed by atoms with van der Waals surface area (Å²) in [5.74, 6) is 0.727. The lowest BCUT2D eigenvalue weighted by atomic mass is 10.2. The molecule has 182 valence electrons. The van der Waals surface area contributed by atoms with Crippen molar-refractivity contribution in [2.45, 2.75) is 32.2 Å². The van der Waals surface area contributed by atoms with Gasteiger partial charge in [0, 0.05) is 43.2 Å². The second kappa shape index (κ2) is 10.2. The lowest BCUT2D eigenvalue weighted by Gasteiger charge is -2.22. The SMILES string of the molecule is Cn1c(=O)n(CCC2OCCO2)c(=O)c2c1nc(N1CCCNCC1)n2Cc1ccccc1I. The highest BCUT2D eigenvalue weighted by Gasteiger charge is 2.25. The molecule has 10 nitrogen and oxygen atoms in total. The molecule has 2 aromatic heterocycles. The van der Waals surface area contributed by atoms with E-state index in [-0.39, 0.29) is 24.1 Å². The van der Waals surface area contributed by atoms with Gasteiger partial charge in [-0.05, 0) is 47.2 Å². The number of aryl methyl sites for hydroxylation is 1. The van der Waals surface area contributed by atoms with Gasteiger partial charge >= 0.3 is 5.69 Å². The van der Waals surface area contributed by atoms with Gasteiger partial charge in [0.25, 0.3) is 5.56 Å². The highest BCUT2D eigenvalue weighted by atomic mass is 127. The molecule has 1 N–H and O–H groups in total. The van der Waals surface area contributed by atoms with Crippen LogP contribution in [0.5, 0.6) is 0 Å². The Kier molecular flexibility index (Phi) is 7.04. The Morgan fingerprint density at radius 1 is 1.12 bits per heavy atom. The maximum Gasteiger partial charge on any atom is 0.332 e. The molecule has 3 aromatic rings. The van der Waals surface area contributed by atoms with Crippen LogP contribution in [-0.4, -0.2) is 64.4 Å². The number of fused-ring (bicyclic) bond motifs is 1. The van der Waals surface area contributed by atoms with Crippen molar-refractivity contribution in [1.29, 1.82) is 0 Å². The Bertz CT molecular complexity index is 1290. The molecule has 5 rings (SSSR count). The normalized spacial score (nSPS) is 17.5. The zero-order chi connectivity index (χ0) is 23.7.